The SMILES string of the molecule is COC(CN(C(=O)C(C)C)C(C)C1CC[C@@]2(O)C3=CC(=O)[C@@H]4C[C@@H](O)[C@@H](O)C[C@]4(C)C3CC[C@]12C)OC. The van der Waals surface area contributed by atoms with Crippen LogP contribution in [-0.2, 0) is 19.1 Å². The van der Waals surface area contributed by atoms with Crippen molar-refractivity contribution in [1.82, 2.24) is 4.90 Å². The van der Waals surface area contributed by atoms with Crippen molar-refractivity contribution in [2.45, 2.75) is 103 Å². The molecule has 4 aliphatic rings. The molecule has 210 valence electrons. The molecule has 0 aromatic rings. The molecule has 0 aromatic carbocycles. The van der Waals surface area contributed by atoms with Crippen molar-refractivity contribution in [1.29, 1.82) is 0 Å². The maximum Gasteiger partial charge on any atom is 0.225 e. The molecule has 4 aliphatic carbocycles. The van der Waals surface area contributed by atoms with Crippen molar-refractivity contribution in [3.63, 3.8) is 0 Å². The lowest BCUT2D eigenvalue weighted by Crippen LogP contribution is -2.62. The summed E-state index contributed by atoms with van der Waals surface area (Å²) in [6, 6.07) is -0.159. The molecule has 0 aromatic heterocycles. The van der Waals surface area contributed by atoms with E-state index in [1.807, 2.05) is 18.7 Å². The van der Waals surface area contributed by atoms with E-state index in [9.17, 15) is 24.9 Å². The zero-order valence-electron chi connectivity index (χ0n) is 23.6. The van der Waals surface area contributed by atoms with Gasteiger partial charge in [-0.25, -0.2) is 0 Å². The van der Waals surface area contributed by atoms with Gasteiger partial charge in [0.2, 0.25) is 5.91 Å². The fraction of sp³-hybridized carbons (Fsp3) is 0.862. The van der Waals surface area contributed by atoms with Gasteiger partial charge in [0.1, 0.15) is 0 Å². The molecule has 3 unspecified atom stereocenters. The molecular formula is C29H47NO7. The molecule has 3 N–H and O–H groups in total. The number of aliphatic hydroxyl groups is 3. The average molecular weight is 522 g/mol. The topological polar surface area (TPSA) is 117 Å². The second-order valence-electron chi connectivity index (χ2n) is 12.9. The quantitative estimate of drug-likeness (QED) is 0.441. The van der Waals surface area contributed by atoms with E-state index in [0.29, 0.717) is 19.4 Å². The van der Waals surface area contributed by atoms with E-state index >= 15 is 0 Å². The summed E-state index contributed by atoms with van der Waals surface area (Å²) in [6.07, 6.45) is 2.82. The number of ketones is 1. The third kappa shape index (κ3) is 4.31. The van der Waals surface area contributed by atoms with Crippen LogP contribution >= 0.6 is 0 Å². The zero-order chi connectivity index (χ0) is 27.5. The van der Waals surface area contributed by atoms with Crippen LogP contribution in [0.4, 0.5) is 0 Å². The molecular weight excluding hydrogens is 474 g/mol. The van der Waals surface area contributed by atoms with Gasteiger partial charge in [0.15, 0.2) is 12.1 Å². The normalized spacial score (nSPS) is 42.2. The smallest absolute Gasteiger partial charge is 0.225 e. The van der Waals surface area contributed by atoms with Gasteiger partial charge in [-0.15, -0.1) is 0 Å². The summed E-state index contributed by atoms with van der Waals surface area (Å²) in [5.74, 6) is -0.558. The minimum atomic E-state index is -1.16. The molecule has 3 fully saturated rings. The van der Waals surface area contributed by atoms with Crippen LogP contribution in [0.1, 0.15) is 73.1 Å². The molecule has 0 spiro atoms. The molecule has 0 bridgehead atoms. The molecule has 9 atom stereocenters. The van der Waals surface area contributed by atoms with Crippen molar-refractivity contribution in [2.75, 3.05) is 20.8 Å². The summed E-state index contributed by atoms with van der Waals surface area (Å²) in [4.78, 5) is 28.6. The van der Waals surface area contributed by atoms with Crippen molar-refractivity contribution in [2.24, 2.45) is 34.5 Å². The number of allylic oxidation sites excluding steroid dienone is 1. The number of aliphatic hydroxyl groups excluding tert-OH is 2. The Kier molecular flexibility index (Phi) is 7.76. The van der Waals surface area contributed by atoms with Crippen molar-refractivity contribution in [3.05, 3.63) is 11.6 Å². The Balaban J connectivity index is 1.68. The molecule has 0 radical (unpaired) electrons. The van der Waals surface area contributed by atoms with E-state index in [-0.39, 0.29) is 47.8 Å². The minimum absolute atomic E-state index is 0.0238. The number of ether oxygens (including phenoxy) is 2. The molecule has 4 rings (SSSR count). The number of amides is 1. The standard InChI is InChI=1S/C29H47NO7/c1-16(2)26(34)30(15-25(36-6)37-7)17(3)18-9-11-29(35)20-12-22(31)21-13-23(32)24(33)14-27(21,4)19(20)8-10-28(18,29)5/h12,16-19,21,23-25,32-33,35H,8-11,13-15H2,1-7H3/t17?,18?,19?,21-,23+,24-,27+,28+,29+/m0/s1. The Morgan fingerprint density at radius 3 is 2.32 bits per heavy atom. The van der Waals surface area contributed by atoms with Crippen LogP contribution in [0.25, 0.3) is 0 Å². The molecule has 0 heterocycles. The van der Waals surface area contributed by atoms with Crippen molar-refractivity contribution < 1.29 is 34.4 Å². The first-order valence-electron chi connectivity index (χ1n) is 14.0. The summed E-state index contributed by atoms with van der Waals surface area (Å²) < 4.78 is 10.9. The summed E-state index contributed by atoms with van der Waals surface area (Å²) in [7, 11) is 3.13. The van der Waals surface area contributed by atoms with E-state index < -0.39 is 34.9 Å². The lowest BCUT2D eigenvalue weighted by molar-refractivity contribution is -0.162. The molecule has 0 aliphatic heterocycles. The number of methoxy groups -OCH3 is 2. The van der Waals surface area contributed by atoms with Gasteiger partial charge in [0.05, 0.1) is 24.4 Å². The highest BCUT2D eigenvalue weighted by molar-refractivity contribution is 5.95. The first kappa shape index (κ1) is 28.7. The number of carbonyl (C=O) groups is 2. The largest absolute Gasteiger partial charge is 0.390 e. The monoisotopic (exact) mass is 521 g/mol. The van der Waals surface area contributed by atoms with E-state index in [2.05, 4.69) is 20.8 Å². The van der Waals surface area contributed by atoms with E-state index in [1.54, 1.807) is 20.3 Å². The van der Waals surface area contributed by atoms with Gasteiger partial charge in [-0.2, -0.15) is 0 Å². The molecule has 1 amide bonds. The maximum atomic E-state index is 13.4. The number of hydrogen-bond donors (Lipinski definition) is 3. The Bertz CT molecular complexity index is 931. The Morgan fingerprint density at radius 2 is 1.73 bits per heavy atom. The van der Waals surface area contributed by atoms with Gasteiger partial charge >= 0.3 is 0 Å². The van der Waals surface area contributed by atoms with Gasteiger partial charge < -0.3 is 29.7 Å². The molecule has 37 heavy (non-hydrogen) atoms. The van der Waals surface area contributed by atoms with Crippen molar-refractivity contribution in [3.8, 4) is 0 Å². The van der Waals surface area contributed by atoms with Crippen LogP contribution in [0, 0.1) is 34.5 Å². The molecule has 0 saturated heterocycles. The maximum absolute atomic E-state index is 13.4. The fourth-order valence-corrected chi connectivity index (χ4v) is 8.60. The third-order valence-corrected chi connectivity index (χ3v) is 10.9. The highest BCUT2D eigenvalue weighted by Crippen LogP contribution is 2.67. The molecule has 8 nitrogen and oxygen atoms in total. The Labute approximate surface area is 221 Å². The lowest BCUT2D eigenvalue weighted by atomic mass is 9.46. The number of rotatable bonds is 7. The number of hydrogen-bond acceptors (Lipinski definition) is 7. The summed E-state index contributed by atoms with van der Waals surface area (Å²) in [5.41, 5.74) is -1.37. The van der Waals surface area contributed by atoms with Gasteiger partial charge in [0.25, 0.3) is 0 Å². The minimum Gasteiger partial charge on any atom is -0.390 e. The summed E-state index contributed by atoms with van der Waals surface area (Å²) >= 11 is 0. The highest BCUT2D eigenvalue weighted by atomic mass is 16.7. The van der Waals surface area contributed by atoms with E-state index in [4.69, 9.17) is 9.47 Å². The van der Waals surface area contributed by atoms with Gasteiger partial charge in [-0.05, 0) is 74.3 Å². The van der Waals surface area contributed by atoms with Gasteiger partial charge in [-0.1, -0.05) is 27.7 Å². The molecule has 8 heteroatoms. The predicted molar refractivity (Wildman–Crippen MR) is 138 cm³/mol. The first-order chi connectivity index (χ1) is 17.2. The van der Waals surface area contributed by atoms with Gasteiger partial charge in [-0.3, -0.25) is 9.59 Å². The van der Waals surface area contributed by atoms with Crippen LogP contribution in [-0.4, -0.2) is 82.8 Å². The Hall–Kier alpha value is -1.32. The number of carbonyl (C=O) groups excluding carboxylic acids is 2. The fourth-order valence-electron chi connectivity index (χ4n) is 8.60. The van der Waals surface area contributed by atoms with Crippen LogP contribution < -0.4 is 0 Å². The summed E-state index contributed by atoms with van der Waals surface area (Å²) in [6.45, 7) is 10.3. The number of fused-ring (bicyclic) bond motifs is 5. The second kappa shape index (κ2) is 10.0. The Morgan fingerprint density at radius 1 is 1.08 bits per heavy atom. The second-order valence-corrected chi connectivity index (χ2v) is 12.9. The predicted octanol–water partition coefficient (Wildman–Crippen LogP) is 2.68. The summed E-state index contributed by atoms with van der Waals surface area (Å²) in [5, 5.41) is 33.3. The average Bonchev–Trinajstić information content (AvgIpc) is 3.12. The number of nitrogens with zero attached hydrogens (tertiary/aromatic N) is 1. The third-order valence-electron chi connectivity index (χ3n) is 10.9. The lowest BCUT2D eigenvalue weighted by Gasteiger charge is -2.60. The zero-order valence-corrected chi connectivity index (χ0v) is 23.6. The van der Waals surface area contributed by atoms with Crippen molar-refractivity contribution >= 4 is 11.7 Å². The molecule has 3 saturated carbocycles. The van der Waals surface area contributed by atoms with Crippen LogP contribution in [0.15, 0.2) is 11.6 Å². The van der Waals surface area contributed by atoms with Crippen LogP contribution in [0.5, 0.6) is 0 Å². The highest BCUT2D eigenvalue weighted by Gasteiger charge is 2.67. The van der Waals surface area contributed by atoms with Gasteiger partial charge in [0, 0.05) is 37.5 Å². The van der Waals surface area contributed by atoms with E-state index in [1.165, 1.54) is 0 Å². The first-order valence-corrected chi connectivity index (χ1v) is 14.0. The van der Waals surface area contributed by atoms with Crippen LogP contribution in [0.2, 0.25) is 0 Å². The van der Waals surface area contributed by atoms with E-state index in [0.717, 1.165) is 24.8 Å². The van der Waals surface area contributed by atoms with Crippen LogP contribution in [0.3, 0.4) is 0 Å².